The third-order valence-corrected chi connectivity index (χ3v) is 3.40. The first kappa shape index (κ1) is 14.3. The van der Waals surface area contributed by atoms with Gasteiger partial charge in [0.05, 0.1) is 12.1 Å². The Hall–Kier alpha value is -1.14. The van der Waals surface area contributed by atoms with E-state index in [4.69, 9.17) is 14.2 Å². The van der Waals surface area contributed by atoms with Gasteiger partial charge in [0.1, 0.15) is 12.2 Å². The summed E-state index contributed by atoms with van der Waals surface area (Å²) in [5.41, 5.74) is 0. The highest BCUT2D eigenvalue weighted by atomic mass is 16.8. The number of rotatable bonds is 2. The zero-order valence-corrected chi connectivity index (χ0v) is 11.8. The second-order valence-corrected chi connectivity index (χ2v) is 5.59. The van der Waals surface area contributed by atoms with Gasteiger partial charge in [0.15, 0.2) is 5.79 Å². The Morgan fingerprint density at radius 2 is 1.89 bits per heavy atom. The average molecular weight is 271 g/mol. The molecule has 2 rings (SSSR count). The van der Waals surface area contributed by atoms with Crippen molar-refractivity contribution in [2.75, 3.05) is 0 Å². The second-order valence-electron chi connectivity index (χ2n) is 5.59. The summed E-state index contributed by atoms with van der Waals surface area (Å²) in [6.45, 7) is 6.50. The monoisotopic (exact) mass is 271 g/mol. The van der Waals surface area contributed by atoms with Gasteiger partial charge in [0.2, 0.25) is 5.91 Å². The summed E-state index contributed by atoms with van der Waals surface area (Å²) in [5, 5.41) is 2.83. The largest absolute Gasteiger partial charge is 0.460 e. The van der Waals surface area contributed by atoms with E-state index >= 15 is 0 Å². The van der Waals surface area contributed by atoms with Gasteiger partial charge in [0, 0.05) is 13.8 Å². The third kappa shape index (κ3) is 3.25. The molecule has 1 heterocycles. The topological polar surface area (TPSA) is 73.9 Å². The number of ether oxygens (including phenoxy) is 3. The maximum atomic E-state index is 11.3. The minimum Gasteiger partial charge on any atom is -0.460 e. The van der Waals surface area contributed by atoms with E-state index in [2.05, 4.69) is 5.32 Å². The zero-order valence-electron chi connectivity index (χ0n) is 11.8. The van der Waals surface area contributed by atoms with Crippen LogP contribution in [0.4, 0.5) is 0 Å². The molecule has 6 nitrogen and oxygen atoms in total. The first-order valence-electron chi connectivity index (χ1n) is 6.58. The van der Waals surface area contributed by atoms with Gasteiger partial charge in [-0.1, -0.05) is 0 Å². The molecule has 1 unspecified atom stereocenters. The van der Waals surface area contributed by atoms with Gasteiger partial charge in [-0.2, -0.15) is 0 Å². The number of carbonyl (C=O) groups is 2. The van der Waals surface area contributed by atoms with Crippen LogP contribution in [0.25, 0.3) is 0 Å². The van der Waals surface area contributed by atoms with Crippen molar-refractivity contribution in [3.05, 3.63) is 0 Å². The molecule has 6 heteroatoms. The summed E-state index contributed by atoms with van der Waals surface area (Å²) in [7, 11) is 0. The van der Waals surface area contributed by atoms with E-state index in [1.54, 1.807) is 0 Å². The lowest BCUT2D eigenvalue weighted by molar-refractivity contribution is -0.158. The van der Waals surface area contributed by atoms with E-state index in [1.165, 1.54) is 13.8 Å². The van der Waals surface area contributed by atoms with Crippen LogP contribution < -0.4 is 5.32 Å². The SMILES string of the molecule is CC(=O)NC1[C@H](OC(C)=O)CC[C@H]2OC(C)(C)O[C@@H]12. The number of esters is 1. The molecule has 1 aliphatic heterocycles. The van der Waals surface area contributed by atoms with Crippen LogP contribution in [0.15, 0.2) is 0 Å². The number of amides is 1. The summed E-state index contributed by atoms with van der Waals surface area (Å²) < 4.78 is 16.9. The van der Waals surface area contributed by atoms with E-state index in [0.29, 0.717) is 6.42 Å². The first-order chi connectivity index (χ1) is 8.78. The number of hydrogen-bond donors (Lipinski definition) is 1. The lowest BCUT2D eigenvalue weighted by atomic mass is 9.87. The van der Waals surface area contributed by atoms with E-state index in [1.807, 2.05) is 13.8 Å². The lowest BCUT2D eigenvalue weighted by Gasteiger charge is -2.37. The maximum Gasteiger partial charge on any atom is 0.302 e. The van der Waals surface area contributed by atoms with E-state index in [-0.39, 0.29) is 36.2 Å². The summed E-state index contributed by atoms with van der Waals surface area (Å²) in [6, 6.07) is -0.359. The van der Waals surface area contributed by atoms with E-state index < -0.39 is 5.79 Å². The number of hydrogen-bond acceptors (Lipinski definition) is 5. The Kier molecular flexibility index (Phi) is 3.82. The van der Waals surface area contributed by atoms with Crippen LogP contribution >= 0.6 is 0 Å². The molecule has 108 valence electrons. The Labute approximate surface area is 112 Å². The molecule has 4 atom stereocenters. The van der Waals surface area contributed by atoms with Gasteiger partial charge < -0.3 is 19.5 Å². The normalized spacial score (nSPS) is 36.4. The van der Waals surface area contributed by atoms with Crippen LogP contribution in [0.1, 0.15) is 40.5 Å². The predicted molar refractivity (Wildman–Crippen MR) is 66.2 cm³/mol. The van der Waals surface area contributed by atoms with Gasteiger partial charge >= 0.3 is 5.97 Å². The molecule has 1 saturated heterocycles. The van der Waals surface area contributed by atoms with Crippen molar-refractivity contribution in [1.82, 2.24) is 5.32 Å². The standard InChI is InChI=1S/C13H21NO5/c1-7(15)14-11-9(17-8(2)16)5-6-10-12(11)19-13(3,4)18-10/h9-12H,5-6H2,1-4H3,(H,14,15)/t9-,10-,11?,12-/m1/s1. The minimum absolute atomic E-state index is 0.0707. The Bertz CT molecular complexity index is 381. The second kappa shape index (κ2) is 5.09. The van der Waals surface area contributed by atoms with Crippen molar-refractivity contribution >= 4 is 11.9 Å². The van der Waals surface area contributed by atoms with Crippen molar-refractivity contribution in [2.45, 2.75) is 70.7 Å². The maximum absolute atomic E-state index is 11.3. The molecule has 0 radical (unpaired) electrons. The molecule has 2 aliphatic rings. The fourth-order valence-electron chi connectivity index (χ4n) is 2.87. The highest BCUT2D eigenvalue weighted by Gasteiger charge is 2.51. The molecule has 1 aliphatic carbocycles. The van der Waals surface area contributed by atoms with Crippen molar-refractivity contribution < 1.29 is 23.8 Å². The summed E-state index contributed by atoms with van der Waals surface area (Å²) >= 11 is 0. The molecule has 0 aromatic heterocycles. The average Bonchev–Trinajstić information content (AvgIpc) is 2.55. The molecule has 1 saturated carbocycles. The fourth-order valence-corrected chi connectivity index (χ4v) is 2.87. The number of fused-ring (bicyclic) bond motifs is 1. The molecule has 0 aromatic rings. The van der Waals surface area contributed by atoms with Crippen molar-refractivity contribution in [3.63, 3.8) is 0 Å². The smallest absolute Gasteiger partial charge is 0.302 e. The minimum atomic E-state index is -0.669. The van der Waals surface area contributed by atoms with Crippen molar-refractivity contribution in [2.24, 2.45) is 0 Å². The van der Waals surface area contributed by atoms with Gasteiger partial charge in [-0.25, -0.2) is 0 Å². The summed E-state index contributed by atoms with van der Waals surface area (Å²) in [4.78, 5) is 22.5. The zero-order chi connectivity index (χ0) is 14.2. The van der Waals surface area contributed by atoms with Gasteiger partial charge in [-0.05, 0) is 26.7 Å². The molecule has 0 bridgehead atoms. The summed E-state index contributed by atoms with van der Waals surface area (Å²) in [6.07, 6.45) is 0.698. The van der Waals surface area contributed by atoms with Gasteiger partial charge in [0.25, 0.3) is 0 Å². The van der Waals surface area contributed by atoms with Crippen LogP contribution in [-0.4, -0.2) is 42.0 Å². The fraction of sp³-hybridized carbons (Fsp3) is 0.846. The Balaban J connectivity index is 2.16. The molecule has 1 N–H and O–H groups in total. The van der Waals surface area contributed by atoms with Crippen LogP contribution in [0, 0.1) is 0 Å². The Morgan fingerprint density at radius 3 is 2.47 bits per heavy atom. The molecular weight excluding hydrogens is 250 g/mol. The van der Waals surface area contributed by atoms with Crippen molar-refractivity contribution in [3.8, 4) is 0 Å². The molecule has 0 spiro atoms. The van der Waals surface area contributed by atoms with Gasteiger partial charge in [-0.3, -0.25) is 9.59 Å². The van der Waals surface area contributed by atoms with Gasteiger partial charge in [-0.15, -0.1) is 0 Å². The molecular formula is C13H21NO5. The highest BCUT2D eigenvalue weighted by Crippen LogP contribution is 2.37. The molecule has 0 aromatic carbocycles. The lowest BCUT2D eigenvalue weighted by Crippen LogP contribution is -2.57. The third-order valence-electron chi connectivity index (χ3n) is 3.40. The quantitative estimate of drug-likeness (QED) is 0.750. The predicted octanol–water partition coefficient (Wildman–Crippen LogP) is 0.737. The number of nitrogens with one attached hydrogen (secondary N) is 1. The van der Waals surface area contributed by atoms with E-state index in [9.17, 15) is 9.59 Å². The highest BCUT2D eigenvalue weighted by molar-refractivity contribution is 5.73. The molecule has 2 fully saturated rings. The number of carbonyl (C=O) groups excluding carboxylic acids is 2. The van der Waals surface area contributed by atoms with Crippen LogP contribution in [-0.2, 0) is 23.8 Å². The summed E-state index contributed by atoms with van der Waals surface area (Å²) in [5.74, 6) is -1.19. The van der Waals surface area contributed by atoms with Crippen LogP contribution in [0.2, 0.25) is 0 Å². The van der Waals surface area contributed by atoms with Crippen LogP contribution in [0.5, 0.6) is 0 Å². The van der Waals surface area contributed by atoms with Crippen LogP contribution in [0.3, 0.4) is 0 Å². The van der Waals surface area contributed by atoms with E-state index in [0.717, 1.165) is 6.42 Å². The Morgan fingerprint density at radius 1 is 1.21 bits per heavy atom. The molecule has 1 amide bonds. The molecule has 19 heavy (non-hydrogen) atoms. The van der Waals surface area contributed by atoms with Crippen molar-refractivity contribution in [1.29, 1.82) is 0 Å². The first-order valence-corrected chi connectivity index (χ1v) is 6.58.